The maximum atomic E-state index is 12.1. The van der Waals surface area contributed by atoms with Gasteiger partial charge in [-0.3, -0.25) is 0 Å². The van der Waals surface area contributed by atoms with Gasteiger partial charge in [-0.25, -0.2) is 4.79 Å². The predicted octanol–water partition coefficient (Wildman–Crippen LogP) is 3.61. The highest BCUT2D eigenvalue weighted by Gasteiger charge is 2.39. The molecule has 1 spiro atoms. The molecule has 0 aromatic heterocycles. The monoisotopic (exact) mass is 330 g/mol. The lowest BCUT2D eigenvalue weighted by Crippen LogP contribution is -2.41. The van der Waals surface area contributed by atoms with Gasteiger partial charge in [0.15, 0.2) is 0 Å². The highest BCUT2D eigenvalue weighted by Crippen LogP contribution is 2.40. The number of carbonyl (C=O) groups is 1. The van der Waals surface area contributed by atoms with Crippen molar-refractivity contribution in [1.82, 2.24) is 5.32 Å². The van der Waals surface area contributed by atoms with Crippen LogP contribution in [0.2, 0.25) is 0 Å². The summed E-state index contributed by atoms with van der Waals surface area (Å²) in [6.07, 6.45) is 3.80. The number of ether oxygens (including phenoxy) is 1. The van der Waals surface area contributed by atoms with Gasteiger partial charge in [0.05, 0.1) is 5.56 Å². The molecule has 2 aliphatic rings. The molecule has 1 unspecified atom stereocenters. The first-order valence-corrected chi connectivity index (χ1v) is 9.08. The average molecular weight is 330 g/mol. The Morgan fingerprint density at radius 2 is 1.83 bits per heavy atom. The minimum absolute atomic E-state index is 0.252. The average Bonchev–Trinajstić information content (AvgIpc) is 2.87. The van der Waals surface area contributed by atoms with E-state index in [4.69, 9.17) is 4.74 Å². The standard InChI is InChI=1S/C20H30N2O2/c1-15-13-20(14-21-15)9-11-22(12-10-20)17-7-5-16(6-8-17)18(23)24-19(2,3)4/h5-8,15,21H,9-14H2,1-4H3. The zero-order valence-electron chi connectivity index (χ0n) is 15.4. The molecular weight excluding hydrogens is 300 g/mol. The summed E-state index contributed by atoms with van der Waals surface area (Å²) in [7, 11) is 0. The second-order valence-electron chi connectivity index (χ2n) is 8.52. The quantitative estimate of drug-likeness (QED) is 0.841. The van der Waals surface area contributed by atoms with Crippen LogP contribution in [0.25, 0.3) is 0 Å². The Morgan fingerprint density at radius 3 is 2.33 bits per heavy atom. The van der Waals surface area contributed by atoms with Gasteiger partial charge >= 0.3 is 5.97 Å². The normalized spacial score (nSPS) is 23.5. The largest absolute Gasteiger partial charge is 0.456 e. The fraction of sp³-hybridized carbons (Fsp3) is 0.650. The number of carbonyl (C=O) groups excluding carboxylic acids is 1. The van der Waals surface area contributed by atoms with Crippen LogP contribution in [0.1, 0.15) is 57.3 Å². The van der Waals surface area contributed by atoms with Crippen LogP contribution < -0.4 is 10.2 Å². The molecule has 3 rings (SSSR count). The van der Waals surface area contributed by atoms with Gasteiger partial charge in [0, 0.05) is 31.4 Å². The molecule has 132 valence electrons. The molecule has 0 radical (unpaired) electrons. The number of piperidine rings is 1. The van der Waals surface area contributed by atoms with E-state index in [9.17, 15) is 4.79 Å². The molecule has 2 heterocycles. The number of nitrogens with one attached hydrogen (secondary N) is 1. The summed E-state index contributed by atoms with van der Waals surface area (Å²) >= 11 is 0. The molecule has 1 N–H and O–H groups in total. The van der Waals surface area contributed by atoms with E-state index >= 15 is 0 Å². The molecule has 24 heavy (non-hydrogen) atoms. The maximum absolute atomic E-state index is 12.1. The van der Waals surface area contributed by atoms with Gasteiger partial charge in [-0.05, 0) is 76.6 Å². The van der Waals surface area contributed by atoms with E-state index in [0.717, 1.165) is 13.1 Å². The van der Waals surface area contributed by atoms with E-state index in [1.165, 1.54) is 31.5 Å². The maximum Gasteiger partial charge on any atom is 0.338 e. The lowest BCUT2D eigenvalue weighted by Gasteiger charge is -2.40. The van der Waals surface area contributed by atoms with E-state index in [-0.39, 0.29) is 5.97 Å². The first-order valence-electron chi connectivity index (χ1n) is 9.08. The summed E-state index contributed by atoms with van der Waals surface area (Å²) in [5.41, 5.74) is 1.88. The van der Waals surface area contributed by atoms with Crippen molar-refractivity contribution in [2.24, 2.45) is 5.41 Å². The van der Waals surface area contributed by atoms with E-state index in [0.29, 0.717) is 17.0 Å². The molecule has 1 aromatic rings. The van der Waals surface area contributed by atoms with Gasteiger partial charge < -0.3 is 15.0 Å². The number of rotatable bonds is 2. The van der Waals surface area contributed by atoms with Crippen molar-refractivity contribution >= 4 is 11.7 Å². The van der Waals surface area contributed by atoms with Crippen molar-refractivity contribution in [3.05, 3.63) is 29.8 Å². The molecule has 0 aliphatic carbocycles. The number of anilines is 1. The zero-order chi connectivity index (χ0) is 17.4. The number of benzene rings is 1. The molecule has 4 nitrogen and oxygen atoms in total. The minimum Gasteiger partial charge on any atom is -0.456 e. The fourth-order valence-corrected chi connectivity index (χ4v) is 3.95. The fourth-order valence-electron chi connectivity index (χ4n) is 3.95. The zero-order valence-corrected chi connectivity index (χ0v) is 15.4. The second-order valence-corrected chi connectivity index (χ2v) is 8.52. The Bertz CT molecular complexity index is 581. The third-order valence-corrected chi connectivity index (χ3v) is 5.26. The number of esters is 1. The highest BCUT2D eigenvalue weighted by molar-refractivity contribution is 5.90. The summed E-state index contributed by atoms with van der Waals surface area (Å²) < 4.78 is 5.42. The number of hydrogen-bond acceptors (Lipinski definition) is 4. The van der Waals surface area contributed by atoms with Crippen LogP contribution in [0.15, 0.2) is 24.3 Å². The van der Waals surface area contributed by atoms with Gasteiger partial charge in [0.25, 0.3) is 0 Å². The molecule has 4 heteroatoms. The van der Waals surface area contributed by atoms with Gasteiger partial charge in [-0.1, -0.05) is 0 Å². The van der Waals surface area contributed by atoms with E-state index in [1.54, 1.807) is 0 Å². The van der Waals surface area contributed by atoms with Crippen molar-refractivity contribution in [2.75, 3.05) is 24.5 Å². The summed E-state index contributed by atoms with van der Waals surface area (Å²) in [5.74, 6) is -0.252. The van der Waals surface area contributed by atoms with Crippen LogP contribution in [0, 0.1) is 5.41 Å². The number of hydrogen-bond donors (Lipinski definition) is 1. The Kier molecular flexibility index (Phi) is 4.60. The van der Waals surface area contributed by atoms with Crippen LogP contribution in [0.4, 0.5) is 5.69 Å². The molecule has 2 saturated heterocycles. The topological polar surface area (TPSA) is 41.6 Å². The molecule has 0 bridgehead atoms. The smallest absolute Gasteiger partial charge is 0.338 e. The predicted molar refractivity (Wildman–Crippen MR) is 97.6 cm³/mol. The van der Waals surface area contributed by atoms with Crippen molar-refractivity contribution < 1.29 is 9.53 Å². The Balaban J connectivity index is 1.60. The Labute approximate surface area is 145 Å². The van der Waals surface area contributed by atoms with Crippen molar-refractivity contribution in [3.63, 3.8) is 0 Å². The van der Waals surface area contributed by atoms with Crippen LogP contribution in [0.3, 0.4) is 0 Å². The van der Waals surface area contributed by atoms with E-state index < -0.39 is 5.60 Å². The van der Waals surface area contributed by atoms with Gasteiger partial charge in [-0.15, -0.1) is 0 Å². The lowest BCUT2D eigenvalue weighted by molar-refractivity contribution is 0.00696. The van der Waals surface area contributed by atoms with Gasteiger partial charge in [0.2, 0.25) is 0 Å². The van der Waals surface area contributed by atoms with Crippen LogP contribution >= 0.6 is 0 Å². The summed E-state index contributed by atoms with van der Waals surface area (Å²) in [6.45, 7) is 11.3. The lowest BCUT2D eigenvalue weighted by atomic mass is 9.76. The van der Waals surface area contributed by atoms with Crippen LogP contribution in [-0.4, -0.2) is 37.2 Å². The van der Waals surface area contributed by atoms with Gasteiger partial charge in [0.1, 0.15) is 5.60 Å². The van der Waals surface area contributed by atoms with Crippen molar-refractivity contribution in [1.29, 1.82) is 0 Å². The van der Waals surface area contributed by atoms with Crippen molar-refractivity contribution in [2.45, 2.75) is 58.6 Å². The summed E-state index contributed by atoms with van der Waals surface area (Å²) in [5, 5.41) is 3.60. The molecule has 1 aromatic carbocycles. The molecule has 1 atom stereocenters. The van der Waals surface area contributed by atoms with Crippen LogP contribution in [0.5, 0.6) is 0 Å². The Morgan fingerprint density at radius 1 is 1.21 bits per heavy atom. The third-order valence-electron chi connectivity index (χ3n) is 5.26. The molecule has 2 aliphatic heterocycles. The molecule has 0 saturated carbocycles. The highest BCUT2D eigenvalue weighted by atomic mass is 16.6. The SMILES string of the molecule is CC1CC2(CCN(c3ccc(C(=O)OC(C)(C)C)cc3)CC2)CN1. The van der Waals surface area contributed by atoms with Gasteiger partial charge in [-0.2, -0.15) is 0 Å². The number of nitrogens with zero attached hydrogens (tertiary/aromatic N) is 1. The third kappa shape index (κ3) is 3.92. The summed E-state index contributed by atoms with van der Waals surface area (Å²) in [6, 6.07) is 8.52. The first kappa shape index (κ1) is 17.3. The van der Waals surface area contributed by atoms with E-state index in [1.807, 2.05) is 45.0 Å². The molecule has 0 amide bonds. The first-order chi connectivity index (χ1) is 11.3. The van der Waals surface area contributed by atoms with Crippen LogP contribution in [-0.2, 0) is 4.74 Å². The Hall–Kier alpha value is -1.55. The molecule has 2 fully saturated rings. The second kappa shape index (κ2) is 6.40. The summed E-state index contributed by atoms with van der Waals surface area (Å²) in [4.78, 5) is 14.5. The minimum atomic E-state index is -0.455. The van der Waals surface area contributed by atoms with Crippen molar-refractivity contribution in [3.8, 4) is 0 Å². The molecular formula is C20H30N2O2. The van der Waals surface area contributed by atoms with E-state index in [2.05, 4.69) is 17.1 Å².